The Labute approximate surface area is 204 Å². The molecule has 3 rings (SSSR count). The van der Waals surface area contributed by atoms with Crippen molar-refractivity contribution < 1.29 is 23.9 Å². The van der Waals surface area contributed by atoms with Crippen molar-refractivity contribution in [3.8, 4) is 11.5 Å². The summed E-state index contributed by atoms with van der Waals surface area (Å²) < 4.78 is 11.4. The largest absolute Gasteiger partial charge is 0.490 e. The van der Waals surface area contributed by atoms with Crippen LogP contribution in [0.25, 0.3) is 0 Å². The zero-order chi connectivity index (χ0) is 24.7. The maximum Gasteiger partial charge on any atom is 0.260 e. The molecule has 0 saturated carbocycles. The summed E-state index contributed by atoms with van der Waals surface area (Å²) in [5, 5.41) is 3.08. The van der Waals surface area contributed by atoms with E-state index in [-0.39, 0.29) is 24.3 Å². The van der Waals surface area contributed by atoms with Gasteiger partial charge in [-0.25, -0.2) is 0 Å². The van der Waals surface area contributed by atoms with E-state index in [1.807, 2.05) is 11.8 Å². The summed E-state index contributed by atoms with van der Waals surface area (Å²) >= 11 is 6.15. The standard InChI is InChI=1S/C25H30ClN3O5/c1-4-33-22-14-17(8-11-21(22)34-16-23(30)29-12-6-5-7-13-29)24(31)27-18-9-10-20(26)19(15-18)25(32)28(2)3/h8-11,14-15H,4-7,12-13,16H2,1-3H3,(H,27,31). The number of hydrogen-bond donors (Lipinski definition) is 1. The van der Waals surface area contributed by atoms with Gasteiger partial charge in [-0.15, -0.1) is 0 Å². The second-order valence-corrected chi connectivity index (χ2v) is 8.58. The first kappa shape index (κ1) is 25.4. The van der Waals surface area contributed by atoms with E-state index >= 15 is 0 Å². The van der Waals surface area contributed by atoms with Crippen LogP contribution >= 0.6 is 11.6 Å². The summed E-state index contributed by atoms with van der Waals surface area (Å²) in [6.45, 7) is 3.62. The van der Waals surface area contributed by atoms with Crippen LogP contribution in [0.3, 0.4) is 0 Å². The highest BCUT2D eigenvalue weighted by Crippen LogP contribution is 2.29. The molecule has 1 saturated heterocycles. The van der Waals surface area contributed by atoms with Crippen LogP contribution in [0.1, 0.15) is 46.9 Å². The van der Waals surface area contributed by atoms with E-state index in [0.717, 1.165) is 32.4 Å². The Bertz CT molecular complexity index is 1050. The molecular formula is C25H30ClN3O5. The second-order valence-electron chi connectivity index (χ2n) is 8.17. The lowest BCUT2D eigenvalue weighted by Crippen LogP contribution is -2.38. The van der Waals surface area contributed by atoms with Crippen LogP contribution in [0.15, 0.2) is 36.4 Å². The molecule has 0 aliphatic carbocycles. The Morgan fingerprint density at radius 2 is 1.74 bits per heavy atom. The fourth-order valence-electron chi connectivity index (χ4n) is 3.62. The highest BCUT2D eigenvalue weighted by Gasteiger charge is 2.19. The minimum atomic E-state index is -0.387. The number of hydrogen-bond acceptors (Lipinski definition) is 5. The van der Waals surface area contributed by atoms with Gasteiger partial charge in [0.15, 0.2) is 18.1 Å². The van der Waals surface area contributed by atoms with Gasteiger partial charge in [0.2, 0.25) is 0 Å². The van der Waals surface area contributed by atoms with Crippen molar-refractivity contribution in [2.45, 2.75) is 26.2 Å². The molecular weight excluding hydrogens is 458 g/mol. The minimum Gasteiger partial charge on any atom is -0.490 e. The van der Waals surface area contributed by atoms with E-state index in [1.165, 1.54) is 11.0 Å². The predicted molar refractivity (Wildman–Crippen MR) is 131 cm³/mol. The Kier molecular flexibility index (Phi) is 8.76. The molecule has 1 aliphatic rings. The Morgan fingerprint density at radius 1 is 1.00 bits per heavy atom. The van der Waals surface area contributed by atoms with Crippen molar-refractivity contribution >= 4 is 35.0 Å². The fraction of sp³-hybridized carbons (Fsp3) is 0.400. The molecule has 3 amide bonds. The van der Waals surface area contributed by atoms with Crippen molar-refractivity contribution in [2.75, 3.05) is 45.7 Å². The molecule has 2 aromatic carbocycles. The van der Waals surface area contributed by atoms with E-state index in [9.17, 15) is 14.4 Å². The molecule has 9 heteroatoms. The first-order valence-electron chi connectivity index (χ1n) is 11.3. The number of benzene rings is 2. The Hall–Kier alpha value is -3.26. The summed E-state index contributed by atoms with van der Waals surface area (Å²) in [4.78, 5) is 40.8. The molecule has 0 unspecified atom stereocenters. The maximum atomic E-state index is 12.9. The van der Waals surface area contributed by atoms with Crippen molar-refractivity contribution in [1.29, 1.82) is 0 Å². The van der Waals surface area contributed by atoms with Crippen LogP contribution < -0.4 is 14.8 Å². The maximum absolute atomic E-state index is 12.9. The number of likely N-dealkylation sites (tertiary alicyclic amines) is 1. The molecule has 8 nitrogen and oxygen atoms in total. The molecule has 34 heavy (non-hydrogen) atoms. The zero-order valence-electron chi connectivity index (χ0n) is 19.7. The lowest BCUT2D eigenvalue weighted by molar-refractivity contribution is -0.134. The summed E-state index contributed by atoms with van der Waals surface area (Å²) in [5.74, 6) is 0.0629. The average molecular weight is 488 g/mol. The summed E-state index contributed by atoms with van der Waals surface area (Å²) in [5.41, 5.74) is 1.07. The third-order valence-corrected chi connectivity index (χ3v) is 5.76. The molecule has 0 spiro atoms. The molecule has 182 valence electrons. The number of ether oxygens (including phenoxy) is 2. The van der Waals surface area contributed by atoms with Gasteiger partial charge in [0, 0.05) is 38.4 Å². The quantitative estimate of drug-likeness (QED) is 0.606. The van der Waals surface area contributed by atoms with Crippen LogP contribution in [0.5, 0.6) is 11.5 Å². The monoisotopic (exact) mass is 487 g/mol. The average Bonchev–Trinajstić information content (AvgIpc) is 2.84. The van der Waals surface area contributed by atoms with Crippen molar-refractivity contribution in [2.24, 2.45) is 0 Å². The number of piperidine rings is 1. The minimum absolute atomic E-state index is 0.0604. The number of rotatable bonds is 8. The molecule has 2 aromatic rings. The second kappa shape index (κ2) is 11.7. The Balaban J connectivity index is 1.71. The van der Waals surface area contributed by atoms with Gasteiger partial charge in [-0.2, -0.15) is 0 Å². The van der Waals surface area contributed by atoms with Crippen molar-refractivity contribution in [3.63, 3.8) is 0 Å². The lowest BCUT2D eigenvalue weighted by atomic mass is 10.1. The normalized spacial score (nSPS) is 13.2. The van der Waals surface area contributed by atoms with Gasteiger partial charge in [-0.3, -0.25) is 14.4 Å². The molecule has 1 aliphatic heterocycles. The van der Waals surface area contributed by atoms with Crippen LogP contribution in [0.4, 0.5) is 5.69 Å². The van der Waals surface area contributed by atoms with Gasteiger partial charge >= 0.3 is 0 Å². The predicted octanol–water partition coefficient (Wildman–Crippen LogP) is 4.08. The first-order chi connectivity index (χ1) is 16.3. The number of amides is 3. The zero-order valence-corrected chi connectivity index (χ0v) is 20.5. The fourth-order valence-corrected chi connectivity index (χ4v) is 3.82. The van der Waals surface area contributed by atoms with Gasteiger partial charge in [-0.1, -0.05) is 11.6 Å². The van der Waals surface area contributed by atoms with Gasteiger partial charge < -0.3 is 24.6 Å². The topological polar surface area (TPSA) is 88.2 Å². The number of carbonyl (C=O) groups excluding carboxylic acids is 3. The third-order valence-electron chi connectivity index (χ3n) is 5.43. The number of halogens is 1. The van der Waals surface area contributed by atoms with E-state index in [2.05, 4.69) is 5.32 Å². The SMILES string of the molecule is CCOc1cc(C(=O)Nc2ccc(Cl)c(C(=O)N(C)C)c2)ccc1OCC(=O)N1CCCCC1. The van der Waals surface area contributed by atoms with Crippen molar-refractivity contribution in [1.82, 2.24) is 9.80 Å². The number of carbonyl (C=O) groups is 3. The number of anilines is 1. The highest BCUT2D eigenvalue weighted by atomic mass is 35.5. The summed E-state index contributed by atoms with van der Waals surface area (Å²) in [7, 11) is 3.26. The summed E-state index contributed by atoms with van der Waals surface area (Å²) in [6, 6.07) is 9.51. The molecule has 1 N–H and O–H groups in total. The molecule has 1 heterocycles. The molecule has 1 fully saturated rings. The third kappa shape index (κ3) is 6.41. The number of nitrogens with zero attached hydrogens (tertiary/aromatic N) is 2. The van der Waals surface area contributed by atoms with Gasteiger partial charge in [0.1, 0.15) is 0 Å². The van der Waals surface area contributed by atoms with E-state index < -0.39 is 0 Å². The van der Waals surface area contributed by atoms with E-state index in [0.29, 0.717) is 39.9 Å². The van der Waals surface area contributed by atoms with E-state index in [1.54, 1.807) is 44.4 Å². The molecule has 0 aromatic heterocycles. The highest BCUT2D eigenvalue weighted by molar-refractivity contribution is 6.34. The van der Waals surface area contributed by atoms with Crippen LogP contribution in [0.2, 0.25) is 5.02 Å². The molecule has 0 atom stereocenters. The molecule has 0 bridgehead atoms. The lowest BCUT2D eigenvalue weighted by Gasteiger charge is -2.26. The summed E-state index contributed by atoms with van der Waals surface area (Å²) in [6.07, 6.45) is 3.17. The van der Waals surface area contributed by atoms with Gasteiger partial charge in [0.05, 0.1) is 17.2 Å². The number of nitrogens with one attached hydrogen (secondary N) is 1. The van der Waals surface area contributed by atoms with Crippen molar-refractivity contribution in [3.05, 3.63) is 52.5 Å². The van der Waals surface area contributed by atoms with E-state index in [4.69, 9.17) is 21.1 Å². The smallest absolute Gasteiger partial charge is 0.260 e. The van der Waals surface area contributed by atoms with Gasteiger partial charge in [-0.05, 0) is 62.6 Å². The van der Waals surface area contributed by atoms with Crippen LogP contribution in [0, 0.1) is 0 Å². The first-order valence-corrected chi connectivity index (χ1v) is 11.7. The van der Waals surface area contributed by atoms with Crippen LogP contribution in [-0.2, 0) is 4.79 Å². The Morgan fingerprint density at radius 3 is 2.41 bits per heavy atom. The van der Waals surface area contributed by atoms with Gasteiger partial charge in [0.25, 0.3) is 17.7 Å². The van der Waals surface area contributed by atoms with Crippen LogP contribution in [-0.4, -0.2) is 67.9 Å². The molecule has 0 radical (unpaired) electrons.